The number of amides is 6. The molecule has 2 heterocycles. The van der Waals surface area contributed by atoms with Gasteiger partial charge in [0.1, 0.15) is 0 Å². The SMILES string of the molecule is C.CC.CCC1(S)NC(=O)NC1=O.CCC1(S)NC(=O)NC1=O. The first-order valence-corrected chi connectivity index (χ1v) is 7.78. The number of carbonyl (C=O) groups is 4. The van der Waals surface area contributed by atoms with Crippen LogP contribution in [0.25, 0.3) is 0 Å². The topological polar surface area (TPSA) is 116 Å². The molecule has 6 amide bonds. The first-order chi connectivity index (χ1) is 10.2. The van der Waals surface area contributed by atoms with Gasteiger partial charge in [0.05, 0.1) is 0 Å². The minimum Gasteiger partial charge on any atom is -0.315 e. The minimum absolute atomic E-state index is 0. The smallest absolute Gasteiger partial charge is 0.315 e. The highest BCUT2D eigenvalue weighted by Gasteiger charge is 2.41. The van der Waals surface area contributed by atoms with E-state index >= 15 is 0 Å². The lowest BCUT2D eigenvalue weighted by atomic mass is 10.2. The predicted molar refractivity (Wildman–Crippen MR) is 95.4 cm³/mol. The van der Waals surface area contributed by atoms with E-state index in [1.807, 2.05) is 13.8 Å². The third-order valence-corrected chi connectivity index (χ3v) is 4.13. The van der Waals surface area contributed by atoms with E-state index in [1.165, 1.54) is 0 Å². The molecule has 2 aliphatic heterocycles. The van der Waals surface area contributed by atoms with Crippen molar-refractivity contribution in [3.05, 3.63) is 0 Å². The average molecular weight is 367 g/mol. The van der Waals surface area contributed by atoms with E-state index in [4.69, 9.17) is 0 Å². The van der Waals surface area contributed by atoms with E-state index in [2.05, 4.69) is 46.5 Å². The Morgan fingerprint density at radius 2 is 1.04 bits per heavy atom. The number of hydrogen-bond acceptors (Lipinski definition) is 6. The summed E-state index contributed by atoms with van der Waals surface area (Å²) in [5.41, 5.74) is 0. The van der Waals surface area contributed by atoms with Gasteiger partial charge in [-0.05, 0) is 12.8 Å². The van der Waals surface area contributed by atoms with E-state index < -0.39 is 21.8 Å². The van der Waals surface area contributed by atoms with Gasteiger partial charge in [0.2, 0.25) is 0 Å². The van der Waals surface area contributed by atoms with Crippen molar-refractivity contribution in [3.8, 4) is 0 Å². The van der Waals surface area contributed by atoms with Gasteiger partial charge in [0.25, 0.3) is 11.8 Å². The van der Waals surface area contributed by atoms with Gasteiger partial charge in [-0.2, -0.15) is 0 Å². The second-order valence-electron chi connectivity index (χ2n) is 4.24. The van der Waals surface area contributed by atoms with Crippen molar-refractivity contribution in [2.45, 2.75) is 57.7 Å². The Kier molecular flexibility index (Phi) is 10.0. The third kappa shape index (κ3) is 5.94. The first-order valence-electron chi connectivity index (χ1n) is 6.89. The molecule has 2 atom stereocenters. The van der Waals surface area contributed by atoms with Crippen LogP contribution in [0.15, 0.2) is 0 Å². The monoisotopic (exact) mass is 366 g/mol. The molecule has 2 saturated heterocycles. The second-order valence-corrected chi connectivity index (χ2v) is 5.77. The Morgan fingerprint density at radius 1 is 0.783 bits per heavy atom. The minimum atomic E-state index is -0.989. The normalized spacial score (nSPS) is 27.9. The van der Waals surface area contributed by atoms with E-state index in [0.29, 0.717) is 12.8 Å². The van der Waals surface area contributed by atoms with Crippen molar-refractivity contribution in [1.82, 2.24) is 21.3 Å². The summed E-state index contributed by atoms with van der Waals surface area (Å²) in [6.45, 7) is 7.55. The molecular weight excluding hydrogens is 340 g/mol. The molecular formula is C13H26N4O4S2. The molecule has 0 aromatic rings. The Bertz CT molecular complexity index is 433. The molecule has 8 nitrogen and oxygen atoms in total. The maximum atomic E-state index is 10.9. The predicted octanol–water partition coefficient (Wildman–Crippen LogP) is 1.39. The number of urea groups is 2. The van der Waals surface area contributed by atoms with Crippen LogP contribution in [0, 0.1) is 0 Å². The van der Waals surface area contributed by atoms with Crippen molar-refractivity contribution in [2.75, 3.05) is 0 Å². The Balaban J connectivity index is 0. The largest absolute Gasteiger partial charge is 0.323 e. The highest BCUT2D eigenvalue weighted by molar-refractivity contribution is 7.83. The lowest BCUT2D eigenvalue weighted by Gasteiger charge is -2.15. The molecule has 0 spiro atoms. The number of rotatable bonds is 2. The molecule has 2 aliphatic rings. The summed E-state index contributed by atoms with van der Waals surface area (Å²) < 4.78 is 0. The molecule has 134 valence electrons. The van der Waals surface area contributed by atoms with Crippen molar-refractivity contribution in [2.24, 2.45) is 0 Å². The summed E-state index contributed by atoms with van der Waals surface area (Å²) in [6.07, 6.45) is 0.960. The molecule has 0 saturated carbocycles. The standard InChI is InChI=1S/2C5H8N2O2S.C2H6.CH4/c2*1-2-5(10)3(8)6-4(9)7-5;1-2;/h2*10H,2H2,1H3,(H2,6,7,8,9);1-2H3;1H4. The fourth-order valence-corrected chi connectivity index (χ4v) is 1.78. The van der Waals surface area contributed by atoms with Gasteiger partial charge >= 0.3 is 12.1 Å². The van der Waals surface area contributed by atoms with Gasteiger partial charge < -0.3 is 10.6 Å². The van der Waals surface area contributed by atoms with Crippen LogP contribution in [0.4, 0.5) is 9.59 Å². The van der Waals surface area contributed by atoms with Gasteiger partial charge in [-0.15, -0.1) is 25.3 Å². The van der Waals surface area contributed by atoms with Gasteiger partial charge in [-0.25, -0.2) is 9.59 Å². The summed E-state index contributed by atoms with van der Waals surface area (Å²) in [4.78, 5) is 40.8. The van der Waals surface area contributed by atoms with E-state index in [9.17, 15) is 19.2 Å². The Hall–Kier alpha value is -1.42. The molecule has 0 aromatic carbocycles. The van der Waals surface area contributed by atoms with Crippen LogP contribution in [0.1, 0.15) is 48.0 Å². The maximum absolute atomic E-state index is 10.9. The molecule has 4 N–H and O–H groups in total. The number of thiol groups is 2. The maximum Gasteiger partial charge on any atom is 0.323 e. The number of hydrogen-bond donors (Lipinski definition) is 6. The molecule has 2 fully saturated rings. The van der Waals surface area contributed by atoms with Crippen molar-refractivity contribution in [1.29, 1.82) is 0 Å². The van der Waals surface area contributed by atoms with Crippen LogP contribution >= 0.6 is 25.3 Å². The molecule has 2 rings (SSSR count). The van der Waals surface area contributed by atoms with E-state index in [1.54, 1.807) is 13.8 Å². The van der Waals surface area contributed by atoms with Crippen LogP contribution in [0.5, 0.6) is 0 Å². The molecule has 10 heteroatoms. The highest BCUT2D eigenvalue weighted by atomic mass is 32.1. The summed E-state index contributed by atoms with van der Waals surface area (Å²) in [5.74, 6) is -0.744. The van der Waals surface area contributed by atoms with Crippen LogP contribution in [-0.4, -0.2) is 33.6 Å². The van der Waals surface area contributed by atoms with Crippen molar-refractivity contribution in [3.63, 3.8) is 0 Å². The molecule has 23 heavy (non-hydrogen) atoms. The van der Waals surface area contributed by atoms with E-state index in [0.717, 1.165) is 0 Å². The highest BCUT2D eigenvalue weighted by Crippen LogP contribution is 2.19. The Morgan fingerprint density at radius 3 is 1.13 bits per heavy atom. The number of imide groups is 2. The molecule has 0 aliphatic carbocycles. The van der Waals surface area contributed by atoms with Crippen molar-refractivity contribution < 1.29 is 19.2 Å². The van der Waals surface area contributed by atoms with Gasteiger partial charge in [0, 0.05) is 0 Å². The second kappa shape index (κ2) is 9.66. The first kappa shape index (κ1) is 23.8. The fraction of sp³-hybridized carbons (Fsp3) is 0.692. The zero-order valence-electron chi connectivity index (χ0n) is 12.9. The summed E-state index contributed by atoms with van der Waals surface area (Å²) >= 11 is 7.98. The zero-order valence-corrected chi connectivity index (χ0v) is 14.7. The summed E-state index contributed by atoms with van der Waals surface area (Å²) in [7, 11) is 0. The zero-order chi connectivity index (χ0) is 17.6. The van der Waals surface area contributed by atoms with Crippen LogP contribution in [0.3, 0.4) is 0 Å². The Labute approximate surface area is 147 Å². The molecule has 0 bridgehead atoms. The van der Waals surface area contributed by atoms with Gasteiger partial charge in [-0.1, -0.05) is 35.1 Å². The third-order valence-electron chi connectivity index (χ3n) is 2.87. The molecule has 0 aromatic heterocycles. The fourth-order valence-electron chi connectivity index (χ4n) is 1.46. The lowest BCUT2D eigenvalue weighted by Crippen LogP contribution is -2.40. The van der Waals surface area contributed by atoms with Crippen LogP contribution in [0.2, 0.25) is 0 Å². The summed E-state index contributed by atoms with van der Waals surface area (Å²) in [6, 6.07) is -0.941. The molecule has 2 unspecified atom stereocenters. The van der Waals surface area contributed by atoms with Gasteiger partial charge in [0.15, 0.2) is 9.74 Å². The quantitative estimate of drug-likeness (QED) is 0.327. The lowest BCUT2D eigenvalue weighted by molar-refractivity contribution is -0.121. The molecule has 0 radical (unpaired) electrons. The number of carbonyl (C=O) groups excluding carboxylic acids is 4. The van der Waals surface area contributed by atoms with Gasteiger partial charge in [-0.3, -0.25) is 20.2 Å². The van der Waals surface area contributed by atoms with Crippen LogP contribution < -0.4 is 21.3 Å². The van der Waals surface area contributed by atoms with E-state index in [-0.39, 0.29) is 19.2 Å². The average Bonchev–Trinajstić information content (AvgIpc) is 2.89. The summed E-state index contributed by atoms with van der Waals surface area (Å²) in [5, 5.41) is 8.97. The van der Waals surface area contributed by atoms with Crippen LogP contribution in [-0.2, 0) is 9.59 Å². The number of nitrogens with one attached hydrogen (secondary N) is 4. The van der Waals surface area contributed by atoms with Crippen molar-refractivity contribution >= 4 is 49.1 Å².